The van der Waals surface area contributed by atoms with Gasteiger partial charge in [-0.25, -0.2) is 9.78 Å². The monoisotopic (exact) mass is 269 g/mol. The number of ether oxygens (including phenoxy) is 1. The van der Waals surface area contributed by atoms with Gasteiger partial charge in [-0.2, -0.15) is 4.68 Å². The van der Waals surface area contributed by atoms with Crippen LogP contribution < -0.4 is 5.73 Å². The third-order valence-electron chi connectivity index (χ3n) is 2.85. The molecule has 1 aromatic carbocycles. The number of carbonyl (C=O) groups excluding carboxylic acids is 1. The molecule has 0 atom stereocenters. The van der Waals surface area contributed by atoms with Crippen molar-refractivity contribution < 1.29 is 9.53 Å². The van der Waals surface area contributed by atoms with Gasteiger partial charge in [0.1, 0.15) is 5.52 Å². The Kier molecular flexibility index (Phi) is 2.79. The topological polar surface area (TPSA) is 95.9 Å². The second kappa shape index (κ2) is 4.61. The number of rotatable bonds is 2. The van der Waals surface area contributed by atoms with E-state index in [1.807, 2.05) is 24.3 Å². The van der Waals surface area contributed by atoms with Gasteiger partial charge >= 0.3 is 5.97 Å². The van der Waals surface area contributed by atoms with Crippen LogP contribution in [0.3, 0.4) is 0 Å². The van der Waals surface area contributed by atoms with Gasteiger partial charge in [0, 0.05) is 0 Å². The van der Waals surface area contributed by atoms with E-state index in [9.17, 15) is 4.79 Å². The number of aromatic nitrogens is 4. The van der Waals surface area contributed by atoms with Gasteiger partial charge < -0.3 is 10.5 Å². The van der Waals surface area contributed by atoms with Gasteiger partial charge in [-0.05, 0) is 24.3 Å². The van der Waals surface area contributed by atoms with E-state index in [-0.39, 0.29) is 5.69 Å². The van der Waals surface area contributed by atoms with Crippen LogP contribution in [0.5, 0.6) is 0 Å². The standard InChI is InChI=1S/C13H11N5O2/c1-20-13(19)10-7-6-8(14)12(15-10)18-11-5-3-2-4-9(11)16-17-18/h2-7H,14H2,1H3. The summed E-state index contributed by atoms with van der Waals surface area (Å²) in [6.07, 6.45) is 0. The minimum absolute atomic E-state index is 0.163. The van der Waals surface area contributed by atoms with Crippen LogP contribution in [0.2, 0.25) is 0 Å². The van der Waals surface area contributed by atoms with Crippen LogP contribution in [0.15, 0.2) is 36.4 Å². The van der Waals surface area contributed by atoms with Crippen molar-refractivity contribution in [2.24, 2.45) is 0 Å². The van der Waals surface area contributed by atoms with Gasteiger partial charge in [0.15, 0.2) is 11.5 Å². The van der Waals surface area contributed by atoms with Gasteiger partial charge in [0.05, 0.1) is 18.3 Å². The maximum absolute atomic E-state index is 11.5. The lowest BCUT2D eigenvalue weighted by Gasteiger charge is -2.06. The number of pyridine rings is 1. The maximum Gasteiger partial charge on any atom is 0.356 e. The van der Waals surface area contributed by atoms with Crippen molar-refractivity contribution in [3.63, 3.8) is 0 Å². The molecule has 0 saturated carbocycles. The van der Waals surface area contributed by atoms with E-state index in [0.717, 1.165) is 11.0 Å². The largest absolute Gasteiger partial charge is 0.464 e. The summed E-state index contributed by atoms with van der Waals surface area (Å²) < 4.78 is 6.15. The molecule has 3 rings (SSSR count). The Balaban J connectivity index is 2.21. The molecule has 0 aliphatic carbocycles. The number of nitrogen functional groups attached to an aromatic ring is 1. The fourth-order valence-corrected chi connectivity index (χ4v) is 1.87. The molecule has 100 valence electrons. The van der Waals surface area contributed by atoms with E-state index in [1.54, 1.807) is 6.07 Å². The van der Waals surface area contributed by atoms with E-state index >= 15 is 0 Å². The van der Waals surface area contributed by atoms with E-state index < -0.39 is 5.97 Å². The highest BCUT2D eigenvalue weighted by Crippen LogP contribution is 2.19. The number of para-hydroxylation sites is 1. The molecule has 7 heteroatoms. The molecule has 0 fully saturated rings. The van der Waals surface area contributed by atoms with Crippen LogP contribution in [0.25, 0.3) is 16.9 Å². The van der Waals surface area contributed by atoms with Crippen molar-refractivity contribution in [1.82, 2.24) is 20.0 Å². The molecule has 0 aliphatic rings. The summed E-state index contributed by atoms with van der Waals surface area (Å²) in [6, 6.07) is 10.5. The average molecular weight is 269 g/mol. The van der Waals surface area contributed by atoms with Gasteiger partial charge in [-0.15, -0.1) is 5.10 Å². The number of nitrogens with two attached hydrogens (primary N) is 1. The molecule has 3 aromatic rings. The number of methoxy groups -OCH3 is 1. The van der Waals surface area contributed by atoms with Crippen LogP contribution in [0, 0.1) is 0 Å². The Morgan fingerprint density at radius 1 is 1.25 bits per heavy atom. The van der Waals surface area contributed by atoms with Crippen LogP contribution >= 0.6 is 0 Å². The van der Waals surface area contributed by atoms with Gasteiger partial charge in [0.25, 0.3) is 0 Å². The zero-order chi connectivity index (χ0) is 14.1. The SMILES string of the molecule is COC(=O)c1ccc(N)c(-n2nnc3ccccc32)n1. The third kappa shape index (κ3) is 1.85. The highest BCUT2D eigenvalue weighted by molar-refractivity contribution is 5.88. The zero-order valence-corrected chi connectivity index (χ0v) is 10.6. The third-order valence-corrected chi connectivity index (χ3v) is 2.85. The number of benzene rings is 1. The minimum Gasteiger partial charge on any atom is -0.464 e. The molecular weight excluding hydrogens is 258 g/mol. The van der Waals surface area contributed by atoms with E-state index in [1.165, 1.54) is 17.9 Å². The lowest BCUT2D eigenvalue weighted by Crippen LogP contribution is -2.10. The second-order valence-corrected chi connectivity index (χ2v) is 4.09. The average Bonchev–Trinajstić information content (AvgIpc) is 2.91. The molecular formula is C13H11N5O2. The molecule has 0 unspecified atom stereocenters. The first-order valence-corrected chi connectivity index (χ1v) is 5.86. The summed E-state index contributed by atoms with van der Waals surface area (Å²) in [5.74, 6) is -0.183. The van der Waals surface area contributed by atoms with Crippen LogP contribution in [-0.2, 0) is 4.74 Å². The lowest BCUT2D eigenvalue weighted by molar-refractivity contribution is 0.0594. The normalized spacial score (nSPS) is 10.7. The number of hydrogen-bond donors (Lipinski definition) is 1. The van der Waals surface area contributed by atoms with E-state index in [0.29, 0.717) is 11.5 Å². The molecule has 0 saturated heterocycles. The predicted octanol–water partition coefficient (Wildman–Crippen LogP) is 1.18. The van der Waals surface area contributed by atoms with Gasteiger partial charge in [-0.1, -0.05) is 17.3 Å². The lowest BCUT2D eigenvalue weighted by atomic mass is 10.3. The maximum atomic E-state index is 11.5. The van der Waals surface area contributed by atoms with Gasteiger partial charge in [0.2, 0.25) is 0 Å². The minimum atomic E-state index is -0.532. The molecule has 0 radical (unpaired) electrons. The van der Waals surface area contributed by atoms with Crippen molar-refractivity contribution in [1.29, 1.82) is 0 Å². The molecule has 0 aliphatic heterocycles. The smallest absolute Gasteiger partial charge is 0.356 e. The highest BCUT2D eigenvalue weighted by atomic mass is 16.5. The van der Waals surface area contributed by atoms with Crippen molar-refractivity contribution >= 4 is 22.7 Å². The number of esters is 1. The Morgan fingerprint density at radius 3 is 2.85 bits per heavy atom. The Morgan fingerprint density at radius 2 is 2.05 bits per heavy atom. The first-order chi connectivity index (χ1) is 9.70. The Bertz CT molecular complexity index is 796. The van der Waals surface area contributed by atoms with Crippen molar-refractivity contribution in [3.8, 4) is 5.82 Å². The fraction of sp³-hybridized carbons (Fsp3) is 0.0769. The van der Waals surface area contributed by atoms with Crippen molar-refractivity contribution in [2.75, 3.05) is 12.8 Å². The number of fused-ring (bicyclic) bond motifs is 1. The highest BCUT2D eigenvalue weighted by Gasteiger charge is 2.14. The first-order valence-electron chi connectivity index (χ1n) is 5.86. The second-order valence-electron chi connectivity index (χ2n) is 4.09. The summed E-state index contributed by atoms with van der Waals surface area (Å²) in [6.45, 7) is 0. The molecule has 2 aromatic heterocycles. The summed E-state index contributed by atoms with van der Waals surface area (Å²) in [7, 11) is 1.30. The fourth-order valence-electron chi connectivity index (χ4n) is 1.87. The van der Waals surface area contributed by atoms with Crippen LogP contribution in [-0.4, -0.2) is 33.1 Å². The molecule has 2 heterocycles. The molecule has 2 N–H and O–H groups in total. The molecule has 0 bridgehead atoms. The van der Waals surface area contributed by atoms with Crippen molar-refractivity contribution in [2.45, 2.75) is 0 Å². The van der Waals surface area contributed by atoms with Crippen LogP contribution in [0.4, 0.5) is 5.69 Å². The summed E-state index contributed by atoms with van der Waals surface area (Å²) in [4.78, 5) is 15.7. The summed E-state index contributed by atoms with van der Waals surface area (Å²) >= 11 is 0. The number of hydrogen-bond acceptors (Lipinski definition) is 6. The Labute approximate surface area is 114 Å². The molecule has 20 heavy (non-hydrogen) atoms. The summed E-state index contributed by atoms with van der Waals surface area (Å²) in [5, 5.41) is 8.06. The summed E-state index contributed by atoms with van der Waals surface area (Å²) in [5.41, 5.74) is 7.95. The number of anilines is 1. The molecule has 0 amide bonds. The van der Waals surface area contributed by atoms with Crippen LogP contribution in [0.1, 0.15) is 10.5 Å². The number of carbonyl (C=O) groups is 1. The quantitative estimate of drug-likeness (QED) is 0.702. The van der Waals surface area contributed by atoms with E-state index in [2.05, 4.69) is 20.0 Å². The van der Waals surface area contributed by atoms with Crippen molar-refractivity contribution in [3.05, 3.63) is 42.1 Å². The Hall–Kier alpha value is -2.96. The van der Waals surface area contributed by atoms with Gasteiger partial charge in [-0.3, -0.25) is 0 Å². The molecule has 7 nitrogen and oxygen atoms in total. The molecule has 0 spiro atoms. The number of nitrogens with zero attached hydrogens (tertiary/aromatic N) is 4. The van der Waals surface area contributed by atoms with E-state index in [4.69, 9.17) is 5.73 Å². The predicted molar refractivity (Wildman–Crippen MR) is 72.4 cm³/mol. The first kappa shape index (κ1) is 12.1. The zero-order valence-electron chi connectivity index (χ0n) is 10.6.